The monoisotopic (exact) mass is 366 g/mol. The van der Waals surface area contributed by atoms with E-state index in [4.69, 9.17) is 0 Å². The summed E-state index contributed by atoms with van der Waals surface area (Å²) in [5.74, 6) is 0.528. The van der Waals surface area contributed by atoms with E-state index < -0.39 is 0 Å². The highest BCUT2D eigenvalue weighted by atomic mass is 79.9. The van der Waals surface area contributed by atoms with Gasteiger partial charge in [0.15, 0.2) is 0 Å². The molecule has 2 aromatic rings. The largest absolute Gasteiger partial charge is 0.0921 e. The molecule has 0 nitrogen and oxygen atoms in total. The van der Waals surface area contributed by atoms with Gasteiger partial charge in [-0.1, -0.05) is 73.8 Å². The maximum Gasteiger partial charge on any atom is 0.0175 e. The van der Waals surface area contributed by atoms with Gasteiger partial charge in [-0.3, -0.25) is 0 Å². The number of rotatable bonds is 4. The van der Waals surface area contributed by atoms with Crippen LogP contribution in [0, 0.1) is 6.92 Å². The summed E-state index contributed by atoms with van der Waals surface area (Å²) in [4.78, 5) is 0. The summed E-state index contributed by atoms with van der Waals surface area (Å²) < 4.78 is 1.13. The van der Waals surface area contributed by atoms with Crippen LogP contribution in [-0.4, -0.2) is 5.33 Å². The number of aryl methyl sites for hydroxylation is 1. The Morgan fingerprint density at radius 3 is 2.39 bits per heavy atom. The molecule has 0 radical (unpaired) electrons. The van der Waals surface area contributed by atoms with Crippen LogP contribution in [0.15, 0.2) is 53.0 Å². The predicted molar refractivity (Wildman–Crippen MR) is 85.6 cm³/mol. The van der Waals surface area contributed by atoms with Crippen molar-refractivity contribution >= 4 is 31.9 Å². The summed E-state index contributed by atoms with van der Waals surface area (Å²) >= 11 is 7.12. The molecule has 0 aromatic heterocycles. The zero-order chi connectivity index (χ0) is 13.0. The molecule has 18 heavy (non-hydrogen) atoms. The fourth-order valence-corrected chi connectivity index (χ4v) is 2.99. The molecule has 94 valence electrons. The van der Waals surface area contributed by atoms with Crippen molar-refractivity contribution in [3.63, 3.8) is 0 Å². The van der Waals surface area contributed by atoms with Crippen molar-refractivity contribution in [3.8, 4) is 0 Å². The summed E-state index contributed by atoms with van der Waals surface area (Å²) in [6, 6.07) is 17.4. The molecule has 1 atom stereocenters. The minimum absolute atomic E-state index is 0.528. The molecule has 0 saturated heterocycles. The highest BCUT2D eigenvalue weighted by Crippen LogP contribution is 2.25. The Balaban J connectivity index is 2.17. The molecule has 1 unspecified atom stereocenters. The Morgan fingerprint density at radius 2 is 1.78 bits per heavy atom. The molecule has 2 heteroatoms. The van der Waals surface area contributed by atoms with Gasteiger partial charge < -0.3 is 0 Å². The standard InChI is InChI=1S/C16H16Br2/c1-12-3-2-4-13(9-12)10-15(11-17)14-5-7-16(18)8-6-14/h2-9,15H,10-11H2,1H3. The van der Waals surface area contributed by atoms with Gasteiger partial charge in [0, 0.05) is 9.80 Å². The lowest BCUT2D eigenvalue weighted by Gasteiger charge is -2.15. The van der Waals surface area contributed by atoms with Crippen LogP contribution < -0.4 is 0 Å². The molecule has 0 N–H and O–H groups in total. The lowest BCUT2D eigenvalue weighted by atomic mass is 9.93. The first-order chi connectivity index (χ1) is 8.69. The van der Waals surface area contributed by atoms with Crippen LogP contribution in [0.4, 0.5) is 0 Å². The van der Waals surface area contributed by atoms with Crippen LogP contribution in [-0.2, 0) is 6.42 Å². The van der Waals surface area contributed by atoms with E-state index in [2.05, 4.69) is 87.3 Å². The SMILES string of the molecule is Cc1cccc(CC(CBr)c2ccc(Br)cc2)c1. The zero-order valence-corrected chi connectivity index (χ0v) is 13.5. The Hall–Kier alpha value is -0.600. The van der Waals surface area contributed by atoms with Gasteiger partial charge in [0.1, 0.15) is 0 Å². The Bertz CT molecular complexity index is 503. The van der Waals surface area contributed by atoms with Gasteiger partial charge in [-0.25, -0.2) is 0 Å². The zero-order valence-electron chi connectivity index (χ0n) is 10.4. The topological polar surface area (TPSA) is 0 Å². The molecular weight excluding hydrogens is 352 g/mol. The second-order valence-electron chi connectivity index (χ2n) is 4.60. The van der Waals surface area contributed by atoms with Gasteiger partial charge in [-0.05, 0) is 42.5 Å². The van der Waals surface area contributed by atoms with Crippen molar-refractivity contribution in [2.24, 2.45) is 0 Å². The van der Waals surface area contributed by atoms with Crippen molar-refractivity contribution in [3.05, 3.63) is 69.7 Å². The van der Waals surface area contributed by atoms with Crippen molar-refractivity contribution in [1.29, 1.82) is 0 Å². The van der Waals surface area contributed by atoms with E-state index in [0.29, 0.717) is 5.92 Å². The maximum atomic E-state index is 3.64. The number of benzene rings is 2. The third-order valence-electron chi connectivity index (χ3n) is 3.09. The van der Waals surface area contributed by atoms with E-state index in [1.54, 1.807) is 0 Å². The summed E-state index contributed by atoms with van der Waals surface area (Å²) in [6.45, 7) is 2.15. The van der Waals surface area contributed by atoms with E-state index in [0.717, 1.165) is 16.2 Å². The summed E-state index contributed by atoms with van der Waals surface area (Å²) in [5.41, 5.74) is 4.12. The van der Waals surface area contributed by atoms with E-state index >= 15 is 0 Å². The predicted octanol–water partition coefficient (Wildman–Crippen LogP) is 5.48. The molecule has 0 heterocycles. The van der Waals surface area contributed by atoms with Crippen LogP contribution in [0.3, 0.4) is 0 Å². The van der Waals surface area contributed by atoms with Gasteiger partial charge >= 0.3 is 0 Å². The molecule has 0 saturated carbocycles. The average molecular weight is 368 g/mol. The van der Waals surface area contributed by atoms with Gasteiger partial charge in [-0.15, -0.1) is 0 Å². The van der Waals surface area contributed by atoms with Gasteiger partial charge in [0.2, 0.25) is 0 Å². The van der Waals surface area contributed by atoms with Crippen LogP contribution in [0.1, 0.15) is 22.6 Å². The summed E-state index contributed by atoms with van der Waals surface area (Å²) in [6.07, 6.45) is 1.08. The normalized spacial score (nSPS) is 12.4. The quantitative estimate of drug-likeness (QED) is 0.627. The molecule has 0 fully saturated rings. The Kier molecular flexibility index (Phi) is 5.02. The van der Waals surface area contributed by atoms with Crippen LogP contribution in [0.2, 0.25) is 0 Å². The van der Waals surface area contributed by atoms with Crippen molar-refractivity contribution in [2.75, 3.05) is 5.33 Å². The van der Waals surface area contributed by atoms with E-state index in [9.17, 15) is 0 Å². The van der Waals surface area contributed by atoms with E-state index in [-0.39, 0.29) is 0 Å². The summed E-state index contributed by atoms with van der Waals surface area (Å²) in [7, 11) is 0. The molecule has 2 rings (SSSR count). The first-order valence-corrected chi connectivity index (χ1v) is 7.97. The highest BCUT2D eigenvalue weighted by molar-refractivity contribution is 9.10. The van der Waals surface area contributed by atoms with E-state index in [1.807, 2.05) is 0 Å². The fraction of sp³-hybridized carbons (Fsp3) is 0.250. The second kappa shape index (κ2) is 6.53. The van der Waals surface area contributed by atoms with Crippen molar-refractivity contribution in [1.82, 2.24) is 0 Å². The number of hydrogen-bond donors (Lipinski definition) is 0. The number of alkyl halides is 1. The maximum absolute atomic E-state index is 3.64. The van der Waals surface area contributed by atoms with Crippen molar-refractivity contribution < 1.29 is 0 Å². The van der Waals surface area contributed by atoms with Gasteiger partial charge in [-0.2, -0.15) is 0 Å². The number of hydrogen-bond acceptors (Lipinski definition) is 0. The second-order valence-corrected chi connectivity index (χ2v) is 6.16. The Morgan fingerprint density at radius 1 is 1.06 bits per heavy atom. The van der Waals surface area contributed by atoms with Crippen LogP contribution in [0.25, 0.3) is 0 Å². The number of halogens is 2. The van der Waals surface area contributed by atoms with E-state index in [1.165, 1.54) is 16.7 Å². The first-order valence-electron chi connectivity index (χ1n) is 6.06. The van der Waals surface area contributed by atoms with Gasteiger partial charge in [0.05, 0.1) is 0 Å². The minimum atomic E-state index is 0.528. The average Bonchev–Trinajstić information content (AvgIpc) is 2.37. The summed E-state index contributed by atoms with van der Waals surface area (Å²) in [5, 5.41) is 0.989. The molecule has 0 amide bonds. The Labute approximate surface area is 126 Å². The third-order valence-corrected chi connectivity index (χ3v) is 4.40. The molecule has 0 aliphatic carbocycles. The van der Waals surface area contributed by atoms with Crippen LogP contribution in [0.5, 0.6) is 0 Å². The molecular formula is C16H16Br2. The molecule has 0 aliphatic rings. The lowest BCUT2D eigenvalue weighted by molar-refractivity contribution is 0.775. The highest BCUT2D eigenvalue weighted by Gasteiger charge is 2.11. The van der Waals surface area contributed by atoms with Gasteiger partial charge in [0.25, 0.3) is 0 Å². The molecule has 0 spiro atoms. The van der Waals surface area contributed by atoms with Crippen LogP contribution >= 0.6 is 31.9 Å². The molecule has 0 bridgehead atoms. The lowest BCUT2D eigenvalue weighted by Crippen LogP contribution is -2.04. The fourth-order valence-electron chi connectivity index (χ4n) is 2.12. The third kappa shape index (κ3) is 3.69. The molecule has 2 aromatic carbocycles. The minimum Gasteiger partial charge on any atom is -0.0921 e. The smallest absolute Gasteiger partial charge is 0.0175 e. The molecule has 0 aliphatic heterocycles. The van der Waals surface area contributed by atoms with Crippen molar-refractivity contribution in [2.45, 2.75) is 19.3 Å². The first kappa shape index (κ1) is 13.8.